The number of carbonyl (C=O) groups excluding carboxylic acids is 2. The Bertz CT molecular complexity index is 538. The van der Waals surface area contributed by atoms with Gasteiger partial charge in [-0.1, -0.05) is 18.2 Å². The van der Waals surface area contributed by atoms with Crippen LogP contribution in [0.25, 0.3) is 0 Å². The summed E-state index contributed by atoms with van der Waals surface area (Å²) in [5.41, 5.74) is 3.79. The summed E-state index contributed by atoms with van der Waals surface area (Å²) in [6.45, 7) is 2.85. The first kappa shape index (κ1) is 15.8. The molecule has 21 heavy (non-hydrogen) atoms. The minimum absolute atomic E-state index is 0. The second-order valence-electron chi connectivity index (χ2n) is 5.46. The van der Waals surface area contributed by atoms with E-state index < -0.39 is 0 Å². The molecule has 0 aliphatic carbocycles. The van der Waals surface area contributed by atoms with Crippen molar-refractivity contribution in [2.24, 2.45) is 5.92 Å². The van der Waals surface area contributed by atoms with E-state index in [0.717, 1.165) is 18.7 Å². The fraction of sp³-hybridized carbons (Fsp3) is 0.467. The van der Waals surface area contributed by atoms with Crippen molar-refractivity contribution in [3.05, 3.63) is 34.9 Å². The molecule has 0 aromatic heterocycles. The number of benzene rings is 1. The van der Waals surface area contributed by atoms with Crippen molar-refractivity contribution in [2.75, 3.05) is 6.54 Å². The number of amides is 2. The molecule has 6 heteroatoms. The van der Waals surface area contributed by atoms with E-state index in [1.54, 1.807) is 0 Å². The van der Waals surface area contributed by atoms with Crippen molar-refractivity contribution < 1.29 is 9.59 Å². The van der Waals surface area contributed by atoms with E-state index in [2.05, 4.69) is 34.1 Å². The molecule has 2 heterocycles. The largest absolute Gasteiger partial charge is 0.355 e. The number of hydrogen-bond donors (Lipinski definition) is 3. The number of nitrogens with one attached hydrogen (secondary N) is 3. The topological polar surface area (TPSA) is 70.2 Å². The molecule has 1 atom stereocenters. The highest BCUT2D eigenvalue weighted by atomic mass is 35.5. The molecular formula is C15H20ClN3O2. The second kappa shape index (κ2) is 6.91. The maximum Gasteiger partial charge on any atom is 0.225 e. The molecule has 1 aromatic rings. The van der Waals surface area contributed by atoms with E-state index in [-0.39, 0.29) is 30.1 Å². The Balaban J connectivity index is 0.00000161. The predicted molar refractivity (Wildman–Crippen MR) is 81.8 cm³/mol. The van der Waals surface area contributed by atoms with Crippen LogP contribution < -0.4 is 16.0 Å². The fourth-order valence-electron chi connectivity index (χ4n) is 2.75. The molecule has 1 fully saturated rings. The van der Waals surface area contributed by atoms with Crippen LogP contribution in [0, 0.1) is 5.92 Å². The number of rotatable bonds is 3. The van der Waals surface area contributed by atoms with Gasteiger partial charge in [0.25, 0.3) is 0 Å². The lowest BCUT2D eigenvalue weighted by Crippen LogP contribution is -2.42. The van der Waals surface area contributed by atoms with Gasteiger partial charge >= 0.3 is 0 Å². The van der Waals surface area contributed by atoms with Gasteiger partial charge in [0.05, 0.1) is 5.92 Å². The van der Waals surface area contributed by atoms with E-state index in [0.29, 0.717) is 25.9 Å². The van der Waals surface area contributed by atoms with Crippen LogP contribution in [0.4, 0.5) is 0 Å². The van der Waals surface area contributed by atoms with Crippen molar-refractivity contribution in [2.45, 2.75) is 32.5 Å². The quantitative estimate of drug-likeness (QED) is 0.775. The average molecular weight is 310 g/mol. The van der Waals surface area contributed by atoms with E-state index in [4.69, 9.17) is 0 Å². The molecule has 114 valence electrons. The van der Waals surface area contributed by atoms with Crippen molar-refractivity contribution in [3.8, 4) is 0 Å². The summed E-state index contributed by atoms with van der Waals surface area (Å²) >= 11 is 0. The van der Waals surface area contributed by atoms with Crippen LogP contribution in [0.1, 0.15) is 29.5 Å². The number of halogens is 1. The Morgan fingerprint density at radius 3 is 2.86 bits per heavy atom. The van der Waals surface area contributed by atoms with Gasteiger partial charge in [0.15, 0.2) is 0 Å². The van der Waals surface area contributed by atoms with Gasteiger partial charge in [0.1, 0.15) is 0 Å². The van der Waals surface area contributed by atoms with Crippen LogP contribution >= 0.6 is 12.4 Å². The lowest BCUT2D eigenvalue weighted by atomic mass is 9.98. The van der Waals surface area contributed by atoms with Gasteiger partial charge in [-0.2, -0.15) is 0 Å². The molecular weight excluding hydrogens is 290 g/mol. The second-order valence-corrected chi connectivity index (χ2v) is 5.46. The van der Waals surface area contributed by atoms with Crippen molar-refractivity contribution in [1.82, 2.24) is 16.0 Å². The number of carbonyl (C=O) groups is 2. The lowest BCUT2D eigenvalue weighted by Gasteiger charge is -2.21. The molecule has 0 spiro atoms. The summed E-state index contributed by atoms with van der Waals surface area (Å²) in [6, 6.07) is 6.34. The highest BCUT2D eigenvalue weighted by Gasteiger charge is 2.24. The van der Waals surface area contributed by atoms with Crippen LogP contribution in [-0.2, 0) is 29.2 Å². The molecule has 0 saturated carbocycles. The van der Waals surface area contributed by atoms with Gasteiger partial charge in [-0.15, -0.1) is 12.4 Å². The van der Waals surface area contributed by atoms with E-state index >= 15 is 0 Å². The van der Waals surface area contributed by atoms with Gasteiger partial charge in [-0.05, 0) is 23.1 Å². The van der Waals surface area contributed by atoms with Gasteiger partial charge in [0, 0.05) is 32.6 Å². The number of piperidine rings is 1. The van der Waals surface area contributed by atoms with Crippen LogP contribution in [0.3, 0.4) is 0 Å². The molecule has 1 aromatic carbocycles. The molecule has 1 unspecified atom stereocenters. The van der Waals surface area contributed by atoms with Crippen molar-refractivity contribution in [3.63, 3.8) is 0 Å². The third-order valence-corrected chi connectivity index (χ3v) is 4.00. The maximum absolute atomic E-state index is 12.0. The minimum atomic E-state index is -0.0937. The summed E-state index contributed by atoms with van der Waals surface area (Å²) in [5, 5.41) is 9.01. The van der Waals surface area contributed by atoms with Crippen molar-refractivity contribution >= 4 is 24.2 Å². The molecule has 0 radical (unpaired) electrons. The van der Waals surface area contributed by atoms with Crippen LogP contribution in [-0.4, -0.2) is 18.4 Å². The van der Waals surface area contributed by atoms with Crippen LogP contribution in [0.15, 0.2) is 18.2 Å². The summed E-state index contributed by atoms with van der Waals surface area (Å²) in [7, 11) is 0. The molecule has 2 aliphatic heterocycles. The molecule has 5 nitrogen and oxygen atoms in total. The summed E-state index contributed by atoms with van der Waals surface area (Å²) in [5.74, 6) is -0.0208. The first-order valence-electron chi connectivity index (χ1n) is 7.08. The standard InChI is InChI=1S/C15H19N3O2.ClH/c19-14-4-3-12(9-17-14)15(20)18-6-10-1-2-11-7-16-8-13(11)5-10;/h1-2,5,12,16H,3-4,6-9H2,(H,17,19)(H,18,20);1H. The maximum atomic E-state index is 12.0. The summed E-state index contributed by atoms with van der Waals surface area (Å²) in [4.78, 5) is 23.1. The highest BCUT2D eigenvalue weighted by molar-refractivity contribution is 5.85. The van der Waals surface area contributed by atoms with Crippen LogP contribution in [0.5, 0.6) is 0 Å². The minimum Gasteiger partial charge on any atom is -0.355 e. The fourth-order valence-corrected chi connectivity index (χ4v) is 2.75. The molecule has 2 aliphatic rings. The zero-order chi connectivity index (χ0) is 13.9. The SMILES string of the molecule is Cl.O=C1CCC(C(=O)NCc2ccc3c(c2)CNC3)CN1. The third-order valence-electron chi connectivity index (χ3n) is 4.00. The Hall–Kier alpha value is -1.59. The molecule has 0 bridgehead atoms. The lowest BCUT2D eigenvalue weighted by molar-refractivity contribution is -0.129. The van der Waals surface area contributed by atoms with Gasteiger partial charge < -0.3 is 16.0 Å². The Kier molecular flexibility index (Phi) is 5.20. The molecule has 3 rings (SSSR count). The molecule has 3 N–H and O–H groups in total. The number of hydrogen-bond acceptors (Lipinski definition) is 3. The van der Waals surface area contributed by atoms with E-state index in [9.17, 15) is 9.59 Å². The zero-order valence-electron chi connectivity index (χ0n) is 11.8. The first-order valence-corrected chi connectivity index (χ1v) is 7.08. The molecule has 2 amide bonds. The van der Waals surface area contributed by atoms with Crippen molar-refractivity contribution in [1.29, 1.82) is 0 Å². The summed E-state index contributed by atoms with van der Waals surface area (Å²) < 4.78 is 0. The van der Waals surface area contributed by atoms with Gasteiger partial charge in [0.2, 0.25) is 11.8 Å². The van der Waals surface area contributed by atoms with Gasteiger partial charge in [-0.25, -0.2) is 0 Å². The normalized spacial score (nSPS) is 20.2. The average Bonchev–Trinajstić information content (AvgIpc) is 2.93. The summed E-state index contributed by atoms with van der Waals surface area (Å²) in [6.07, 6.45) is 1.09. The van der Waals surface area contributed by atoms with Crippen LogP contribution in [0.2, 0.25) is 0 Å². The van der Waals surface area contributed by atoms with Gasteiger partial charge in [-0.3, -0.25) is 9.59 Å². The van der Waals surface area contributed by atoms with E-state index in [1.807, 2.05) is 0 Å². The predicted octanol–water partition coefficient (Wildman–Crippen LogP) is 0.854. The monoisotopic (exact) mass is 309 g/mol. The molecule has 1 saturated heterocycles. The zero-order valence-corrected chi connectivity index (χ0v) is 12.6. The Labute approximate surface area is 130 Å². The Morgan fingerprint density at radius 2 is 2.10 bits per heavy atom. The highest BCUT2D eigenvalue weighted by Crippen LogP contribution is 2.17. The third kappa shape index (κ3) is 3.74. The Morgan fingerprint density at radius 1 is 1.29 bits per heavy atom. The smallest absolute Gasteiger partial charge is 0.225 e. The first-order chi connectivity index (χ1) is 9.72. The van der Waals surface area contributed by atoms with E-state index in [1.165, 1.54) is 11.1 Å². The number of fused-ring (bicyclic) bond motifs is 1.